The molecule has 3 rings (SSSR count). The van der Waals surface area contributed by atoms with Crippen molar-refractivity contribution in [2.45, 2.75) is 13.3 Å². The molecule has 0 saturated carbocycles. The summed E-state index contributed by atoms with van der Waals surface area (Å²) in [6, 6.07) is 13.8. The first-order valence-corrected chi connectivity index (χ1v) is 7.67. The lowest BCUT2D eigenvalue weighted by Crippen LogP contribution is -2.28. The highest BCUT2D eigenvalue weighted by Crippen LogP contribution is 2.28. The van der Waals surface area contributed by atoms with Crippen molar-refractivity contribution in [2.75, 3.05) is 23.8 Å². The van der Waals surface area contributed by atoms with E-state index in [1.165, 1.54) is 11.3 Å². The topological polar surface area (TPSA) is 70.6 Å². The zero-order valence-electron chi connectivity index (χ0n) is 13.0. The third kappa shape index (κ3) is 3.74. The number of amides is 1. The average Bonchev–Trinajstić information content (AvgIpc) is 2.53. The molecule has 0 radical (unpaired) electrons. The third-order valence-corrected chi connectivity index (χ3v) is 3.96. The van der Waals surface area contributed by atoms with Crippen LogP contribution >= 0.6 is 0 Å². The molecular formula is C18H20N2O3. The lowest BCUT2D eigenvalue weighted by molar-refractivity contribution is 0.209. The first kappa shape index (κ1) is 15.2. The highest BCUT2D eigenvalue weighted by molar-refractivity contribution is 5.85. The van der Waals surface area contributed by atoms with E-state index in [4.69, 9.17) is 9.84 Å². The van der Waals surface area contributed by atoms with Crippen LogP contribution in [0.25, 0.3) is 0 Å². The molecule has 1 atom stereocenters. The highest BCUT2D eigenvalue weighted by Gasteiger charge is 2.19. The molecule has 1 aliphatic rings. The van der Waals surface area contributed by atoms with Crippen LogP contribution in [-0.4, -0.2) is 24.4 Å². The maximum absolute atomic E-state index is 10.9. The van der Waals surface area contributed by atoms with Gasteiger partial charge in [-0.05, 0) is 42.7 Å². The molecule has 0 saturated heterocycles. The third-order valence-electron chi connectivity index (χ3n) is 3.96. The van der Waals surface area contributed by atoms with E-state index in [9.17, 15) is 4.79 Å². The number of carboxylic acid groups (broad SMARTS) is 1. The predicted octanol–water partition coefficient (Wildman–Crippen LogP) is 3.75. The summed E-state index contributed by atoms with van der Waals surface area (Å²) in [6.45, 7) is 3.31. The van der Waals surface area contributed by atoms with Crippen LogP contribution in [0.2, 0.25) is 0 Å². The minimum absolute atomic E-state index is 0.351. The Morgan fingerprint density at radius 1 is 1.35 bits per heavy atom. The summed E-state index contributed by atoms with van der Waals surface area (Å²) in [4.78, 5) is 10.9. The molecule has 0 aromatic heterocycles. The number of hydrogen-bond donors (Lipinski definition) is 3. The molecule has 3 N–H and O–H groups in total. The van der Waals surface area contributed by atoms with Gasteiger partial charge in [-0.1, -0.05) is 24.3 Å². The zero-order chi connectivity index (χ0) is 16.2. The lowest BCUT2D eigenvalue weighted by atomic mass is 9.95. The van der Waals surface area contributed by atoms with Gasteiger partial charge in [0.05, 0.1) is 12.3 Å². The van der Waals surface area contributed by atoms with Gasteiger partial charge in [0.25, 0.3) is 0 Å². The summed E-state index contributed by atoms with van der Waals surface area (Å²) in [5, 5.41) is 14.7. The van der Waals surface area contributed by atoms with Crippen LogP contribution in [0.5, 0.6) is 5.75 Å². The number of anilines is 2. The summed E-state index contributed by atoms with van der Waals surface area (Å²) >= 11 is 0. The molecule has 23 heavy (non-hydrogen) atoms. The summed E-state index contributed by atoms with van der Waals surface area (Å²) in [7, 11) is 0. The lowest BCUT2D eigenvalue weighted by Gasteiger charge is -2.26. The number of ether oxygens (including phenoxy) is 1. The van der Waals surface area contributed by atoms with Crippen molar-refractivity contribution < 1.29 is 14.6 Å². The molecule has 0 fully saturated rings. The van der Waals surface area contributed by atoms with Gasteiger partial charge in [-0.3, -0.25) is 5.32 Å². The molecule has 5 nitrogen and oxygen atoms in total. The van der Waals surface area contributed by atoms with Gasteiger partial charge in [-0.15, -0.1) is 0 Å². The van der Waals surface area contributed by atoms with Crippen LogP contribution in [0.3, 0.4) is 0 Å². The fourth-order valence-corrected chi connectivity index (χ4v) is 2.82. The molecule has 1 aliphatic heterocycles. The number of fused-ring (bicyclic) bond motifs is 1. The van der Waals surface area contributed by atoms with Gasteiger partial charge < -0.3 is 15.2 Å². The molecule has 1 amide bonds. The monoisotopic (exact) mass is 312 g/mol. The van der Waals surface area contributed by atoms with Gasteiger partial charge in [0.2, 0.25) is 0 Å². The Labute approximate surface area is 135 Å². The molecule has 5 heteroatoms. The number of nitrogens with one attached hydrogen (secondary N) is 2. The van der Waals surface area contributed by atoms with E-state index in [2.05, 4.69) is 22.8 Å². The smallest absolute Gasteiger partial charge is 0.409 e. The number of para-hydroxylation sites is 1. The van der Waals surface area contributed by atoms with Gasteiger partial charge in [0.15, 0.2) is 0 Å². The Morgan fingerprint density at radius 3 is 3.00 bits per heavy atom. The van der Waals surface area contributed by atoms with Gasteiger partial charge in [-0.25, -0.2) is 4.79 Å². The molecule has 0 bridgehead atoms. The maximum atomic E-state index is 10.9. The van der Waals surface area contributed by atoms with E-state index in [0.29, 0.717) is 24.0 Å². The highest BCUT2D eigenvalue weighted by atomic mass is 16.5. The second-order valence-corrected chi connectivity index (χ2v) is 5.85. The molecule has 1 unspecified atom stereocenters. The van der Waals surface area contributed by atoms with Gasteiger partial charge >= 0.3 is 6.09 Å². The minimum atomic E-state index is -1.09. The molecule has 2 aromatic carbocycles. The van der Waals surface area contributed by atoms with Crippen molar-refractivity contribution >= 4 is 17.5 Å². The van der Waals surface area contributed by atoms with Crippen LogP contribution in [0.4, 0.5) is 16.2 Å². The first-order valence-electron chi connectivity index (χ1n) is 7.67. The van der Waals surface area contributed by atoms with Gasteiger partial charge in [0.1, 0.15) is 5.75 Å². The minimum Gasteiger partial charge on any atom is -0.491 e. The van der Waals surface area contributed by atoms with Gasteiger partial charge in [-0.2, -0.15) is 0 Å². The molecule has 0 aliphatic carbocycles. The predicted molar refractivity (Wildman–Crippen MR) is 90.4 cm³/mol. The van der Waals surface area contributed by atoms with E-state index < -0.39 is 6.09 Å². The van der Waals surface area contributed by atoms with Crippen LogP contribution in [0.15, 0.2) is 42.5 Å². The van der Waals surface area contributed by atoms with Crippen molar-refractivity contribution in [2.24, 2.45) is 5.92 Å². The van der Waals surface area contributed by atoms with Crippen molar-refractivity contribution in [3.8, 4) is 5.75 Å². The van der Waals surface area contributed by atoms with Crippen molar-refractivity contribution in [1.29, 1.82) is 0 Å². The molecular weight excluding hydrogens is 292 g/mol. The molecule has 120 valence electrons. The van der Waals surface area contributed by atoms with Crippen molar-refractivity contribution in [3.63, 3.8) is 0 Å². The van der Waals surface area contributed by atoms with Crippen LogP contribution < -0.4 is 15.4 Å². The number of hydrogen-bond acceptors (Lipinski definition) is 3. The number of aryl methyl sites for hydroxylation is 1. The Balaban J connectivity index is 1.66. The Morgan fingerprint density at radius 2 is 2.17 bits per heavy atom. The van der Waals surface area contributed by atoms with Crippen LogP contribution in [0.1, 0.15) is 11.1 Å². The summed E-state index contributed by atoms with van der Waals surface area (Å²) in [5.41, 5.74) is 3.95. The Bertz CT molecular complexity index is 715. The first-order chi connectivity index (χ1) is 11.1. The standard InChI is InChI=1S/C18H20N2O3/c1-12-6-7-17(16(8-12)20-18(21)22)23-11-13-9-14-4-2-3-5-15(14)19-10-13/h2-8,13,19-20H,9-11H2,1H3,(H,21,22). The second kappa shape index (κ2) is 6.60. The largest absolute Gasteiger partial charge is 0.491 e. The Kier molecular flexibility index (Phi) is 4.37. The summed E-state index contributed by atoms with van der Waals surface area (Å²) in [6.07, 6.45) is -0.134. The zero-order valence-corrected chi connectivity index (χ0v) is 13.0. The summed E-state index contributed by atoms with van der Waals surface area (Å²) < 4.78 is 5.88. The SMILES string of the molecule is Cc1ccc(OCC2CNc3ccccc3C2)c(NC(=O)O)c1. The van der Waals surface area contributed by atoms with E-state index in [0.717, 1.165) is 18.5 Å². The fourth-order valence-electron chi connectivity index (χ4n) is 2.82. The fraction of sp³-hybridized carbons (Fsp3) is 0.278. The maximum Gasteiger partial charge on any atom is 0.409 e. The van der Waals surface area contributed by atoms with E-state index in [-0.39, 0.29) is 0 Å². The van der Waals surface area contributed by atoms with Crippen LogP contribution in [0, 0.1) is 12.8 Å². The number of carbonyl (C=O) groups is 1. The molecule has 1 heterocycles. The second-order valence-electron chi connectivity index (χ2n) is 5.85. The normalized spacial score (nSPS) is 16.1. The van der Waals surface area contributed by atoms with Crippen LogP contribution in [-0.2, 0) is 6.42 Å². The Hall–Kier alpha value is -2.69. The molecule has 0 spiro atoms. The number of rotatable bonds is 4. The quantitative estimate of drug-likeness (QED) is 0.804. The summed E-state index contributed by atoms with van der Waals surface area (Å²) in [5.74, 6) is 0.917. The number of benzene rings is 2. The molecule has 2 aromatic rings. The van der Waals surface area contributed by atoms with Crippen molar-refractivity contribution in [1.82, 2.24) is 0 Å². The average molecular weight is 312 g/mol. The van der Waals surface area contributed by atoms with E-state index in [1.54, 1.807) is 6.07 Å². The van der Waals surface area contributed by atoms with E-state index in [1.807, 2.05) is 31.2 Å². The van der Waals surface area contributed by atoms with Crippen molar-refractivity contribution in [3.05, 3.63) is 53.6 Å². The van der Waals surface area contributed by atoms with Gasteiger partial charge in [0, 0.05) is 18.2 Å². The van der Waals surface area contributed by atoms with E-state index >= 15 is 0 Å².